The molecule has 0 bridgehead atoms. The van der Waals surface area contributed by atoms with Crippen LogP contribution in [0.25, 0.3) is 11.3 Å². The van der Waals surface area contributed by atoms with Crippen LogP contribution in [0.2, 0.25) is 0 Å². The van der Waals surface area contributed by atoms with Crippen molar-refractivity contribution in [2.75, 3.05) is 18.5 Å². The van der Waals surface area contributed by atoms with Gasteiger partial charge in [0.05, 0.1) is 11.3 Å². The van der Waals surface area contributed by atoms with Crippen molar-refractivity contribution in [1.82, 2.24) is 14.9 Å². The van der Waals surface area contributed by atoms with Crippen molar-refractivity contribution in [1.29, 1.82) is 0 Å². The lowest BCUT2D eigenvalue weighted by molar-refractivity contribution is -0.0455. The summed E-state index contributed by atoms with van der Waals surface area (Å²) in [7, 11) is 0. The number of hydrogen-bond acceptors (Lipinski definition) is 5. The number of amides is 1. The first-order valence-corrected chi connectivity index (χ1v) is 9.23. The lowest BCUT2D eigenvalue weighted by Gasteiger charge is -2.28. The molecule has 3 rings (SSSR count). The Bertz CT molecular complexity index is 777. The second-order valence-electron chi connectivity index (χ2n) is 6.56. The summed E-state index contributed by atoms with van der Waals surface area (Å²) in [5, 5.41) is 3.21. The van der Waals surface area contributed by atoms with E-state index in [0.717, 1.165) is 29.8 Å². The molecule has 1 atom stereocenters. The Morgan fingerprint density at radius 1 is 1.15 bits per heavy atom. The number of rotatable bonds is 7. The molecular weight excluding hydrogens is 328 g/mol. The lowest BCUT2D eigenvalue weighted by Crippen LogP contribution is -2.35. The van der Waals surface area contributed by atoms with Gasteiger partial charge >= 0.3 is 0 Å². The Labute approximate surface area is 154 Å². The number of nitrogens with one attached hydrogen (secondary N) is 1. The summed E-state index contributed by atoms with van der Waals surface area (Å²) in [5.74, 6) is 0.381. The van der Waals surface area contributed by atoms with E-state index in [4.69, 9.17) is 9.72 Å². The van der Waals surface area contributed by atoms with E-state index >= 15 is 0 Å². The van der Waals surface area contributed by atoms with Crippen LogP contribution in [0, 0.1) is 0 Å². The highest BCUT2D eigenvalue weighted by Gasteiger charge is 2.43. The molecule has 1 aromatic carbocycles. The van der Waals surface area contributed by atoms with Gasteiger partial charge in [-0.1, -0.05) is 37.3 Å². The topological polar surface area (TPSA) is 67.4 Å². The third-order valence-corrected chi connectivity index (χ3v) is 4.34. The van der Waals surface area contributed by atoms with Crippen LogP contribution in [0.4, 0.5) is 5.95 Å². The number of nitrogens with zero attached hydrogens (tertiary/aromatic N) is 3. The molecule has 1 N–H and O–H groups in total. The van der Waals surface area contributed by atoms with Crippen LogP contribution in [0.15, 0.2) is 30.3 Å². The fourth-order valence-electron chi connectivity index (χ4n) is 3.19. The standard InChI is InChI=1S/C20H26N4O2/c1-5-12-21-20-22-16(14-10-8-7-9-11-14)15-17(23-20)18(25)24(13(3)4)19(15)26-6-2/h7-11,13,19H,5-6,12H2,1-4H3,(H,21,22,23). The summed E-state index contributed by atoms with van der Waals surface area (Å²) >= 11 is 0. The Morgan fingerprint density at radius 3 is 2.46 bits per heavy atom. The van der Waals surface area contributed by atoms with E-state index in [2.05, 4.69) is 17.2 Å². The summed E-state index contributed by atoms with van der Waals surface area (Å²) in [5.41, 5.74) is 2.90. The maximum atomic E-state index is 13.1. The molecule has 6 nitrogen and oxygen atoms in total. The molecule has 1 aromatic heterocycles. The predicted octanol–water partition coefficient (Wildman–Crippen LogP) is 3.86. The van der Waals surface area contributed by atoms with Crippen molar-refractivity contribution in [3.63, 3.8) is 0 Å². The van der Waals surface area contributed by atoms with Crippen LogP contribution in [-0.2, 0) is 4.74 Å². The van der Waals surface area contributed by atoms with Gasteiger partial charge in [-0.05, 0) is 27.2 Å². The fourth-order valence-corrected chi connectivity index (χ4v) is 3.19. The molecule has 2 aromatic rings. The van der Waals surface area contributed by atoms with Gasteiger partial charge in [-0.2, -0.15) is 0 Å². The monoisotopic (exact) mass is 354 g/mol. The van der Waals surface area contributed by atoms with Crippen molar-refractivity contribution in [2.45, 2.75) is 46.4 Å². The third kappa shape index (κ3) is 3.29. The Kier molecular flexibility index (Phi) is 5.52. The molecule has 1 unspecified atom stereocenters. The minimum Gasteiger partial charge on any atom is -0.354 e. The molecule has 138 valence electrons. The molecule has 0 aliphatic carbocycles. The highest BCUT2D eigenvalue weighted by molar-refractivity contribution is 5.99. The van der Waals surface area contributed by atoms with E-state index in [1.54, 1.807) is 4.90 Å². The zero-order valence-corrected chi connectivity index (χ0v) is 15.8. The zero-order chi connectivity index (χ0) is 18.7. The van der Waals surface area contributed by atoms with Crippen molar-refractivity contribution in [3.05, 3.63) is 41.6 Å². The second-order valence-corrected chi connectivity index (χ2v) is 6.56. The minimum atomic E-state index is -0.460. The van der Waals surface area contributed by atoms with Crippen molar-refractivity contribution < 1.29 is 9.53 Å². The van der Waals surface area contributed by atoms with Crippen molar-refractivity contribution in [2.24, 2.45) is 0 Å². The Hall–Kier alpha value is -2.47. The lowest BCUT2D eigenvalue weighted by atomic mass is 10.0. The summed E-state index contributed by atoms with van der Waals surface area (Å²) in [6.07, 6.45) is 0.493. The van der Waals surface area contributed by atoms with Crippen LogP contribution < -0.4 is 5.32 Å². The molecule has 6 heteroatoms. The van der Waals surface area contributed by atoms with Gasteiger partial charge in [0.1, 0.15) is 5.69 Å². The van der Waals surface area contributed by atoms with Gasteiger partial charge in [-0.25, -0.2) is 9.97 Å². The number of aromatic nitrogens is 2. The van der Waals surface area contributed by atoms with Crippen LogP contribution in [0.5, 0.6) is 0 Å². The first-order chi connectivity index (χ1) is 12.6. The van der Waals surface area contributed by atoms with Crippen molar-refractivity contribution >= 4 is 11.9 Å². The predicted molar refractivity (Wildman–Crippen MR) is 102 cm³/mol. The van der Waals surface area contributed by atoms with Gasteiger partial charge in [0.2, 0.25) is 5.95 Å². The first kappa shape index (κ1) is 18.3. The normalized spacial score (nSPS) is 16.3. The quantitative estimate of drug-likeness (QED) is 0.818. The number of ether oxygens (including phenoxy) is 1. The molecule has 0 saturated heterocycles. The summed E-state index contributed by atoms with van der Waals surface area (Å²) in [6.45, 7) is 9.24. The van der Waals surface area contributed by atoms with E-state index in [1.165, 1.54) is 0 Å². The number of carbonyl (C=O) groups is 1. The first-order valence-electron chi connectivity index (χ1n) is 9.23. The zero-order valence-electron chi connectivity index (χ0n) is 15.8. The van der Waals surface area contributed by atoms with Gasteiger partial charge in [0.15, 0.2) is 6.23 Å². The second kappa shape index (κ2) is 7.83. The minimum absolute atomic E-state index is 0.00363. The molecule has 1 aliphatic heterocycles. The number of carbonyl (C=O) groups excluding carboxylic acids is 1. The molecule has 0 radical (unpaired) electrons. The maximum absolute atomic E-state index is 13.1. The van der Waals surface area contributed by atoms with Gasteiger partial charge in [0.25, 0.3) is 5.91 Å². The Balaban J connectivity index is 2.19. The van der Waals surface area contributed by atoms with E-state index in [0.29, 0.717) is 18.2 Å². The molecule has 0 fully saturated rings. The molecule has 0 saturated carbocycles. The van der Waals surface area contributed by atoms with Crippen LogP contribution in [0.1, 0.15) is 56.4 Å². The van der Waals surface area contributed by atoms with Gasteiger partial charge < -0.3 is 15.0 Å². The molecule has 0 spiro atoms. The van der Waals surface area contributed by atoms with E-state index in [1.807, 2.05) is 51.1 Å². The summed E-state index contributed by atoms with van der Waals surface area (Å²) in [4.78, 5) is 24.1. The highest BCUT2D eigenvalue weighted by Crippen LogP contribution is 2.40. The van der Waals surface area contributed by atoms with Crippen LogP contribution >= 0.6 is 0 Å². The van der Waals surface area contributed by atoms with Gasteiger partial charge in [-0.15, -0.1) is 0 Å². The van der Waals surface area contributed by atoms with E-state index in [9.17, 15) is 4.79 Å². The average Bonchev–Trinajstić information content (AvgIpc) is 2.92. The van der Waals surface area contributed by atoms with Crippen LogP contribution in [-0.4, -0.2) is 40.0 Å². The highest BCUT2D eigenvalue weighted by atomic mass is 16.5. The number of hydrogen-bond donors (Lipinski definition) is 1. The van der Waals surface area contributed by atoms with E-state index < -0.39 is 6.23 Å². The van der Waals surface area contributed by atoms with Crippen LogP contribution in [0.3, 0.4) is 0 Å². The summed E-state index contributed by atoms with van der Waals surface area (Å²) in [6, 6.07) is 9.90. The molecule has 1 aliphatic rings. The molecule has 2 heterocycles. The Morgan fingerprint density at radius 2 is 1.85 bits per heavy atom. The molecule has 1 amide bonds. The van der Waals surface area contributed by atoms with Gasteiger partial charge in [0, 0.05) is 24.8 Å². The smallest absolute Gasteiger partial charge is 0.275 e. The van der Waals surface area contributed by atoms with E-state index in [-0.39, 0.29) is 11.9 Å². The molecular formula is C20H26N4O2. The fraction of sp³-hybridized carbons (Fsp3) is 0.450. The number of benzene rings is 1. The largest absolute Gasteiger partial charge is 0.354 e. The average molecular weight is 354 g/mol. The molecule has 26 heavy (non-hydrogen) atoms. The maximum Gasteiger partial charge on any atom is 0.275 e. The SMILES string of the molecule is CCCNc1nc2c(c(-c3ccccc3)n1)C(OCC)N(C(C)C)C2=O. The van der Waals surface area contributed by atoms with Gasteiger partial charge in [-0.3, -0.25) is 4.79 Å². The number of fused-ring (bicyclic) bond motifs is 1. The van der Waals surface area contributed by atoms with Crippen molar-refractivity contribution in [3.8, 4) is 11.3 Å². The third-order valence-electron chi connectivity index (χ3n) is 4.34. The summed E-state index contributed by atoms with van der Waals surface area (Å²) < 4.78 is 5.96. The number of anilines is 1.